The number of benzene rings is 1. The van der Waals surface area contributed by atoms with Gasteiger partial charge in [0.2, 0.25) is 10.0 Å². The second-order valence-corrected chi connectivity index (χ2v) is 7.41. The molecule has 1 fully saturated rings. The maximum absolute atomic E-state index is 12.5. The van der Waals surface area contributed by atoms with Gasteiger partial charge in [-0.05, 0) is 24.0 Å². The number of hydrogen-bond donors (Lipinski definition) is 1. The first-order valence-corrected chi connectivity index (χ1v) is 8.35. The van der Waals surface area contributed by atoms with Crippen LogP contribution in [0.4, 0.5) is 0 Å². The molecular formula is C14H22N2O3S. The molecule has 1 aliphatic rings. The zero-order chi connectivity index (χ0) is 14.6. The Morgan fingerprint density at radius 2 is 1.85 bits per heavy atom. The molecule has 6 heteroatoms. The first kappa shape index (κ1) is 15.4. The normalized spacial score (nSPS) is 17.6. The summed E-state index contributed by atoms with van der Waals surface area (Å²) in [7, 11) is -1.64. The third kappa shape index (κ3) is 3.38. The van der Waals surface area contributed by atoms with Crippen molar-refractivity contribution in [2.24, 2.45) is 5.73 Å². The number of sulfonamides is 1. The van der Waals surface area contributed by atoms with Gasteiger partial charge in [-0.3, -0.25) is 0 Å². The van der Waals surface area contributed by atoms with E-state index in [-0.39, 0.29) is 5.25 Å². The van der Waals surface area contributed by atoms with Crippen LogP contribution < -0.4 is 5.73 Å². The molecule has 2 rings (SSSR count). The van der Waals surface area contributed by atoms with Gasteiger partial charge >= 0.3 is 0 Å². The van der Waals surface area contributed by atoms with Gasteiger partial charge in [-0.2, -0.15) is 0 Å². The van der Waals surface area contributed by atoms with Crippen LogP contribution in [0, 0.1) is 0 Å². The Balaban J connectivity index is 2.12. The van der Waals surface area contributed by atoms with Crippen molar-refractivity contribution < 1.29 is 13.2 Å². The Labute approximate surface area is 120 Å². The summed E-state index contributed by atoms with van der Waals surface area (Å²) in [5.41, 5.74) is 7.65. The van der Waals surface area contributed by atoms with Gasteiger partial charge in [-0.25, -0.2) is 12.7 Å². The van der Waals surface area contributed by atoms with E-state index in [1.54, 1.807) is 7.05 Å². The fourth-order valence-corrected chi connectivity index (χ4v) is 4.09. The zero-order valence-corrected chi connectivity index (χ0v) is 12.6. The molecule has 0 aliphatic carbocycles. The average Bonchev–Trinajstić information content (AvgIpc) is 2.48. The molecule has 112 valence electrons. The lowest BCUT2D eigenvalue weighted by Gasteiger charge is -2.27. The van der Waals surface area contributed by atoms with Crippen molar-refractivity contribution in [2.45, 2.75) is 31.2 Å². The third-order valence-electron chi connectivity index (χ3n) is 3.76. The lowest BCUT2D eigenvalue weighted by Crippen LogP contribution is -2.39. The molecule has 1 saturated heterocycles. The minimum absolute atomic E-state index is 0.328. The third-order valence-corrected chi connectivity index (χ3v) is 6.07. The first-order valence-electron chi connectivity index (χ1n) is 6.85. The van der Waals surface area contributed by atoms with E-state index in [0.29, 0.717) is 39.1 Å². The largest absolute Gasteiger partial charge is 0.381 e. The number of ether oxygens (including phenoxy) is 1. The fraction of sp³-hybridized carbons (Fsp3) is 0.571. The lowest BCUT2D eigenvalue weighted by atomic mass is 10.1. The summed E-state index contributed by atoms with van der Waals surface area (Å²) in [6.45, 7) is 1.84. The molecule has 0 bridgehead atoms. The maximum atomic E-state index is 12.5. The SMILES string of the molecule is CN(Cc1ccccc1CN)S(=O)(=O)C1CCOCC1. The number of nitrogens with two attached hydrogens (primary N) is 1. The highest BCUT2D eigenvalue weighted by Gasteiger charge is 2.31. The molecule has 2 N–H and O–H groups in total. The Bertz CT molecular complexity index is 539. The summed E-state index contributed by atoms with van der Waals surface area (Å²) in [5.74, 6) is 0. The maximum Gasteiger partial charge on any atom is 0.217 e. The van der Waals surface area contributed by atoms with Crippen LogP contribution in [0.2, 0.25) is 0 Å². The zero-order valence-electron chi connectivity index (χ0n) is 11.8. The van der Waals surface area contributed by atoms with Crippen LogP contribution in [0.3, 0.4) is 0 Å². The van der Waals surface area contributed by atoms with Crippen LogP contribution in [0.25, 0.3) is 0 Å². The number of rotatable bonds is 5. The van der Waals surface area contributed by atoms with Crippen LogP contribution in [-0.4, -0.2) is 38.2 Å². The number of nitrogens with zero attached hydrogens (tertiary/aromatic N) is 1. The van der Waals surface area contributed by atoms with E-state index in [0.717, 1.165) is 11.1 Å². The molecule has 20 heavy (non-hydrogen) atoms. The van der Waals surface area contributed by atoms with E-state index in [4.69, 9.17) is 10.5 Å². The van der Waals surface area contributed by atoms with Gasteiger partial charge in [-0.15, -0.1) is 0 Å². The summed E-state index contributed by atoms with van der Waals surface area (Å²) in [5, 5.41) is -0.328. The van der Waals surface area contributed by atoms with Gasteiger partial charge in [0.15, 0.2) is 0 Å². The molecule has 1 aliphatic heterocycles. The molecule has 0 amide bonds. The molecule has 0 spiro atoms. The lowest BCUT2D eigenvalue weighted by molar-refractivity contribution is 0.0973. The second kappa shape index (κ2) is 6.67. The molecule has 0 aromatic heterocycles. The minimum atomic E-state index is -3.27. The van der Waals surface area contributed by atoms with E-state index in [1.807, 2.05) is 24.3 Å². The van der Waals surface area contributed by atoms with Gasteiger partial charge < -0.3 is 10.5 Å². The van der Waals surface area contributed by atoms with Crippen LogP contribution in [0.1, 0.15) is 24.0 Å². The average molecular weight is 298 g/mol. The van der Waals surface area contributed by atoms with E-state index in [2.05, 4.69) is 0 Å². The number of hydrogen-bond acceptors (Lipinski definition) is 4. The molecule has 1 aromatic carbocycles. The van der Waals surface area contributed by atoms with Crippen molar-refractivity contribution in [1.82, 2.24) is 4.31 Å². The van der Waals surface area contributed by atoms with Gasteiger partial charge in [0.1, 0.15) is 0 Å². The van der Waals surface area contributed by atoms with Crippen molar-refractivity contribution in [3.63, 3.8) is 0 Å². The van der Waals surface area contributed by atoms with E-state index in [1.165, 1.54) is 4.31 Å². The minimum Gasteiger partial charge on any atom is -0.381 e. The van der Waals surface area contributed by atoms with Crippen molar-refractivity contribution in [3.05, 3.63) is 35.4 Å². The monoisotopic (exact) mass is 298 g/mol. The second-order valence-electron chi connectivity index (χ2n) is 5.09. The van der Waals surface area contributed by atoms with Gasteiger partial charge in [0, 0.05) is 33.4 Å². The Kier molecular flexibility index (Phi) is 5.15. The Morgan fingerprint density at radius 1 is 1.25 bits per heavy atom. The summed E-state index contributed by atoms with van der Waals surface area (Å²) >= 11 is 0. The van der Waals surface area contributed by atoms with Crippen LogP contribution in [0.15, 0.2) is 24.3 Å². The van der Waals surface area contributed by atoms with Crippen molar-refractivity contribution in [2.75, 3.05) is 20.3 Å². The van der Waals surface area contributed by atoms with Crippen LogP contribution in [0.5, 0.6) is 0 Å². The quantitative estimate of drug-likeness (QED) is 0.883. The van der Waals surface area contributed by atoms with Crippen molar-refractivity contribution in [1.29, 1.82) is 0 Å². The van der Waals surface area contributed by atoms with Crippen LogP contribution in [-0.2, 0) is 27.8 Å². The first-order chi connectivity index (χ1) is 9.55. The molecule has 0 atom stereocenters. The highest BCUT2D eigenvalue weighted by atomic mass is 32.2. The predicted molar refractivity (Wildman–Crippen MR) is 78.6 cm³/mol. The Morgan fingerprint density at radius 3 is 2.45 bits per heavy atom. The van der Waals surface area contributed by atoms with Crippen LogP contribution >= 0.6 is 0 Å². The predicted octanol–water partition coefficient (Wildman–Crippen LogP) is 1.09. The highest BCUT2D eigenvalue weighted by molar-refractivity contribution is 7.89. The smallest absolute Gasteiger partial charge is 0.217 e. The molecule has 1 aromatic rings. The molecule has 5 nitrogen and oxygen atoms in total. The summed E-state index contributed by atoms with van der Waals surface area (Å²) in [4.78, 5) is 0. The molecule has 0 unspecified atom stereocenters. The highest BCUT2D eigenvalue weighted by Crippen LogP contribution is 2.21. The van der Waals surface area contributed by atoms with E-state index in [9.17, 15) is 8.42 Å². The Hall–Kier alpha value is -0.950. The van der Waals surface area contributed by atoms with E-state index >= 15 is 0 Å². The summed E-state index contributed by atoms with van der Waals surface area (Å²) in [6, 6.07) is 7.69. The van der Waals surface area contributed by atoms with Gasteiger partial charge in [0.05, 0.1) is 5.25 Å². The molecule has 1 heterocycles. The topological polar surface area (TPSA) is 72.6 Å². The van der Waals surface area contributed by atoms with Gasteiger partial charge in [0.25, 0.3) is 0 Å². The van der Waals surface area contributed by atoms with Crippen molar-refractivity contribution >= 4 is 10.0 Å². The van der Waals surface area contributed by atoms with E-state index < -0.39 is 10.0 Å². The summed E-state index contributed by atoms with van der Waals surface area (Å²) in [6.07, 6.45) is 1.15. The standard InChI is InChI=1S/C14H22N2O3S/c1-16(11-13-5-3-2-4-12(13)10-15)20(17,18)14-6-8-19-9-7-14/h2-5,14H,6-11,15H2,1H3. The summed E-state index contributed by atoms with van der Waals surface area (Å²) < 4.78 is 31.7. The molecule has 0 radical (unpaired) electrons. The van der Waals surface area contributed by atoms with Gasteiger partial charge in [-0.1, -0.05) is 24.3 Å². The van der Waals surface area contributed by atoms with Crippen molar-refractivity contribution in [3.8, 4) is 0 Å². The molecule has 0 saturated carbocycles. The fourth-order valence-electron chi connectivity index (χ4n) is 2.47. The molecular weight excluding hydrogens is 276 g/mol.